The molecular formula is C20H22Cl2N2O4S. The number of ether oxygens (including phenoxy) is 1. The Labute approximate surface area is 180 Å². The van der Waals surface area contributed by atoms with Crippen LogP contribution in [0.4, 0.5) is 5.69 Å². The molecule has 0 aliphatic heterocycles. The van der Waals surface area contributed by atoms with E-state index in [2.05, 4.69) is 17.0 Å². The molecule has 1 fully saturated rings. The van der Waals surface area contributed by atoms with Crippen molar-refractivity contribution in [3.8, 4) is 5.75 Å². The van der Waals surface area contributed by atoms with Crippen molar-refractivity contribution < 1.29 is 17.9 Å². The van der Waals surface area contributed by atoms with E-state index in [0.717, 1.165) is 25.7 Å². The van der Waals surface area contributed by atoms with Crippen molar-refractivity contribution in [3.63, 3.8) is 0 Å². The minimum absolute atomic E-state index is 0.00981. The molecule has 9 heteroatoms. The number of carbonyl (C=O) groups is 1. The maximum Gasteiger partial charge on any atom is 0.257 e. The number of benzene rings is 2. The lowest BCUT2D eigenvalue weighted by molar-refractivity contribution is 0.102. The van der Waals surface area contributed by atoms with E-state index in [0.29, 0.717) is 18.0 Å². The Hall–Kier alpha value is -1.80. The van der Waals surface area contributed by atoms with E-state index in [-0.39, 0.29) is 26.5 Å². The molecule has 2 aromatic rings. The van der Waals surface area contributed by atoms with E-state index in [1.807, 2.05) is 0 Å². The molecule has 1 aliphatic rings. The highest BCUT2D eigenvalue weighted by atomic mass is 35.5. The standard InChI is InChI=1S/C20H22Cl2N2O4S/c1-2-3-10-28-18-7-5-4-6-17(18)23-20(25)14-11-19(16(22)12-15(14)21)29(26,27)24-13-8-9-13/h4-7,11-13,24H,2-3,8-10H2,1H3,(H,23,25). The number of halogens is 2. The number of unbranched alkanes of at least 4 members (excludes halogenated alkanes) is 1. The predicted molar refractivity (Wildman–Crippen MR) is 115 cm³/mol. The molecule has 0 saturated heterocycles. The molecule has 0 radical (unpaired) electrons. The Bertz CT molecular complexity index is 1010. The van der Waals surface area contributed by atoms with Crippen LogP contribution in [0.1, 0.15) is 43.0 Å². The molecule has 0 heterocycles. The van der Waals surface area contributed by atoms with Crippen LogP contribution in [-0.2, 0) is 10.0 Å². The van der Waals surface area contributed by atoms with Crippen molar-refractivity contribution in [2.75, 3.05) is 11.9 Å². The van der Waals surface area contributed by atoms with Crippen LogP contribution in [0.3, 0.4) is 0 Å². The number of carbonyl (C=O) groups excluding carboxylic acids is 1. The smallest absolute Gasteiger partial charge is 0.257 e. The Kier molecular flexibility index (Phi) is 7.05. The summed E-state index contributed by atoms with van der Waals surface area (Å²) < 4.78 is 33.4. The third-order valence-electron chi connectivity index (χ3n) is 4.35. The van der Waals surface area contributed by atoms with Gasteiger partial charge in [-0.1, -0.05) is 48.7 Å². The van der Waals surface area contributed by atoms with Crippen molar-refractivity contribution >= 4 is 44.8 Å². The van der Waals surface area contributed by atoms with Crippen molar-refractivity contribution in [1.29, 1.82) is 0 Å². The SMILES string of the molecule is CCCCOc1ccccc1NC(=O)c1cc(S(=O)(=O)NC2CC2)c(Cl)cc1Cl. The molecule has 0 spiro atoms. The first-order valence-electron chi connectivity index (χ1n) is 9.36. The average Bonchev–Trinajstić information content (AvgIpc) is 3.46. The number of nitrogens with one attached hydrogen (secondary N) is 2. The molecule has 156 valence electrons. The molecule has 0 unspecified atom stereocenters. The topological polar surface area (TPSA) is 84.5 Å². The minimum atomic E-state index is -3.84. The van der Waals surface area contributed by atoms with E-state index in [4.69, 9.17) is 27.9 Å². The molecule has 0 atom stereocenters. The van der Waals surface area contributed by atoms with Gasteiger partial charge in [0.2, 0.25) is 10.0 Å². The van der Waals surface area contributed by atoms with Gasteiger partial charge in [0.1, 0.15) is 10.6 Å². The van der Waals surface area contributed by atoms with Crippen LogP contribution < -0.4 is 14.8 Å². The second kappa shape index (κ2) is 9.34. The molecule has 2 N–H and O–H groups in total. The maximum absolute atomic E-state index is 12.8. The summed E-state index contributed by atoms with van der Waals surface area (Å²) in [6.45, 7) is 2.59. The summed E-state index contributed by atoms with van der Waals surface area (Å²) in [6.07, 6.45) is 3.45. The normalized spacial score (nSPS) is 13.9. The molecule has 2 aromatic carbocycles. The maximum atomic E-state index is 12.8. The predicted octanol–water partition coefficient (Wildman–Crippen LogP) is 4.87. The molecule has 1 aliphatic carbocycles. The Balaban J connectivity index is 1.85. The van der Waals surface area contributed by atoms with Crippen molar-refractivity contribution in [2.45, 2.75) is 43.5 Å². The molecule has 1 saturated carbocycles. The van der Waals surface area contributed by atoms with Gasteiger partial charge in [0, 0.05) is 6.04 Å². The first-order chi connectivity index (χ1) is 13.8. The van der Waals surface area contributed by atoms with Gasteiger partial charge in [-0.05, 0) is 43.5 Å². The molecule has 0 aromatic heterocycles. The second-order valence-corrected chi connectivity index (χ2v) is 9.31. The first-order valence-corrected chi connectivity index (χ1v) is 11.6. The molecule has 6 nitrogen and oxygen atoms in total. The fourth-order valence-electron chi connectivity index (χ4n) is 2.61. The summed E-state index contributed by atoms with van der Waals surface area (Å²) in [5.41, 5.74) is 0.482. The molecule has 29 heavy (non-hydrogen) atoms. The van der Waals surface area contributed by atoms with E-state index in [1.165, 1.54) is 12.1 Å². The van der Waals surface area contributed by atoms with Gasteiger partial charge in [0.25, 0.3) is 5.91 Å². The number of amides is 1. The summed E-state index contributed by atoms with van der Waals surface area (Å²) in [5, 5.41) is 2.76. The van der Waals surface area contributed by atoms with Crippen LogP contribution in [0.5, 0.6) is 5.75 Å². The van der Waals surface area contributed by atoms with Crippen LogP contribution in [0, 0.1) is 0 Å². The highest BCUT2D eigenvalue weighted by Gasteiger charge is 2.30. The Morgan fingerprint density at radius 3 is 2.59 bits per heavy atom. The number of rotatable bonds is 9. The zero-order valence-corrected chi connectivity index (χ0v) is 18.2. The van der Waals surface area contributed by atoms with Gasteiger partial charge in [-0.25, -0.2) is 13.1 Å². The third kappa shape index (κ3) is 5.63. The Morgan fingerprint density at radius 1 is 1.17 bits per heavy atom. The summed E-state index contributed by atoms with van der Waals surface area (Å²) in [4.78, 5) is 12.7. The summed E-state index contributed by atoms with van der Waals surface area (Å²) in [7, 11) is -3.84. The lowest BCUT2D eigenvalue weighted by Gasteiger charge is -2.14. The van der Waals surface area contributed by atoms with Gasteiger partial charge < -0.3 is 10.1 Å². The number of hydrogen-bond acceptors (Lipinski definition) is 4. The van der Waals surface area contributed by atoms with Crippen LogP contribution in [0.2, 0.25) is 10.0 Å². The fourth-order valence-corrected chi connectivity index (χ4v) is 4.77. The number of hydrogen-bond donors (Lipinski definition) is 2. The van der Waals surface area contributed by atoms with Gasteiger partial charge in [-0.15, -0.1) is 0 Å². The van der Waals surface area contributed by atoms with Gasteiger partial charge >= 0.3 is 0 Å². The number of anilines is 1. The highest BCUT2D eigenvalue weighted by Crippen LogP contribution is 2.32. The molecular weight excluding hydrogens is 435 g/mol. The largest absolute Gasteiger partial charge is 0.491 e. The summed E-state index contributed by atoms with van der Waals surface area (Å²) >= 11 is 12.3. The van der Waals surface area contributed by atoms with Crippen LogP contribution in [0.25, 0.3) is 0 Å². The lowest BCUT2D eigenvalue weighted by atomic mass is 10.2. The number of sulfonamides is 1. The second-order valence-electron chi connectivity index (χ2n) is 6.81. The van der Waals surface area contributed by atoms with Crippen molar-refractivity contribution in [1.82, 2.24) is 4.72 Å². The zero-order valence-electron chi connectivity index (χ0n) is 15.9. The van der Waals surface area contributed by atoms with Crippen molar-refractivity contribution in [3.05, 3.63) is 52.0 Å². The highest BCUT2D eigenvalue weighted by molar-refractivity contribution is 7.89. The number of para-hydroxylation sites is 2. The van der Waals surface area contributed by atoms with Gasteiger partial charge in [0.05, 0.1) is 27.9 Å². The van der Waals surface area contributed by atoms with Gasteiger partial charge in [0.15, 0.2) is 0 Å². The quantitative estimate of drug-likeness (QED) is 0.527. The van der Waals surface area contributed by atoms with E-state index in [9.17, 15) is 13.2 Å². The lowest BCUT2D eigenvalue weighted by Crippen LogP contribution is -2.26. The van der Waals surface area contributed by atoms with E-state index >= 15 is 0 Å². The summed E-state index contributed by atoms with van der Waals surface area (Å²) in [6, 6.07) is 9.41. The third-order valence-corrected chi connectivity index (χ3v) is 6.64. The summed E-state index contributed by atoms with van der Waals surface area (Å²) in [5.74, 6) is -0.0243. The Morgan fingerprint density at radius 2 is 1.90 bits per heavy atom. The van der Waals surface area contributed by atoms with Crippen LogP contribution in [0.15, 0.2) is 41.3 Å². The van der Waals surface area contributed by atoms with Gasteiger partial charge in [-0.2, -0.15) is 0 Å². The molecule has 1 amide bonds. The van der Waals surface area contributed by atoms with E-state index in [1.54, 1.807) is 24.3 Å². The average molecular weight is 457 g/mol. The minimum Gasteiger partial charge on any atom is -0.491 e. The monoisotopic (exact) mass is 456 g/mol. The van der Waals surface area contributed by atoms with Crippen molar-refractivity contribution in [2.24, 2.45) is 0 Å². The molecule has 3 rings (SSSR count). The van der Waals surface area contributed by atoms with E-state index < -0.39 is 15.9 Å². The molecule has 0 bridgehead atoms. The van der Waals surface area contributed by atoms with Crippen LogP contribution >= 0.6 is 23.2 Å². The zero-order chi connectivity index (χ0) is 21.0. The van der Waals surface area contributed by atoms with Crippen LogP contribution in [-0.4, -0.2) is 27.0 Å². The fraction of sp³-hybridized carbons (Fsp3) is 0.350. The first kappa shape index (κ1) is 21.9. The van der Waals surface area contributed by atoms with Gasteiger partial charge in [-0.3, -0.25) is 4.79 Å².